The number of hydrogen-bond donors (Lipinski definition) is 2. The molecule has 1 aromatic carbocycles. The van der Waals surface area contributed by atoms with E-state index in [9.17, 15) is 0 Å². The molecule has 132 valence electrons. The second-order valence-corrected chi connectivity index (χ2v) is 5.49. The summed E-state index contributed by atoms with van der Waals surface area (Å²) in [6, 6.07) is 8.14. The van der Waals surface area contributed by atoms with Crippen molar-refractivity contribution in [3.05, 3.63) is 41.8 Å². The predicted molar refractivity (Wildman–Crippen MR) is 110 cm³/mol. The van der Waals surface area contributed by atoms with Crippen molar-refractivity contribution >= 4 is 29.9 Å². The largest absolute Gasteiger partial charge is 0.444 e. The molecule has 0 radical (unpaired) electrons. The van der Waals surface area contributed by atoms with Crippen LogP contribution >= 0.6 is 24.0 Å². The second-order valence-electron chi connectivity index (χ2n) is 5.49. The third kappa shape index (κ3) is 6.51. The molecular formula is C18H27IN4O. The highest BCUT2D eigenvalue weighted by Crippen LogP contribution is 2.19. The second kappa shape index (κ2) is 11.1. The van der Waals surface area contributed by atoms with Crippen molar-refractivity contribution < 1.29 is 4.42 Å². The fourth-order valence-corrected chi connectivity index (χ4v) is 2.09. The van der Waals surface area contributed by atoms with Crippen molar-refractivity contribution in [2.75, 3.05) is 13.1 Å². The van der Waals surface area contributed by atoms with Crippen LogP contribution in [0.15, 0.2) is 39.9 Å². The van der Waals surface area contributed by atoms with Gasteiger partial charge in [-0.3, -0.25) is 0 Å². The molecule has 0 bridgehead atoms. The van der Waals surface area contributed by atoms with Gasteiger partial charge in [0.2, 0.25) is 5.89 Å². The van der Waals surface area contributed by atoms with Gasteiger partial charge in [-0.05, 0) is 32.4 Å². The first-order valence-corrected chi connectivity index (χ1v) is 8.26. The standard InChI is InChI=1S/C18H26N4O.HI/c1-4-6-11-20-18(19-5-2)21-12-16-13-23-17(22-16)15-9-7-14(3)8-10-15;/h7-10,13H,4-6,11-12H2,1-3H3,(H2,19,20,21);1H. The molecule has 1 aromatic heterocycles. The molecule has 0 amide bonds. The normalized spacial score (nSPS) is 11.0. The Balaban J connectivity index is 0.00000288. The summed E-state index contributed by atoms with van der Waals surface area (Å²) in [6.45, 7) is 8.56. The molecule has 0 aliphatic carbocycles. The van der Waals surface area contributed by atoms with E-state index in [0.29, 0.717) is 12.4 Å². The van der Waals surface area contributed by atoms with Crippen molar-refractivity contribution in [1.82, 2.24) is 15.6 Å². The minimum atomic E-state index is 0. The van der Waals surface area contributed by atoms with Crippen molar-refractivity contribution in [2.24, 2.45) is 4.99 Å². The van der Waals surface area contributed by atoms with Gasteiger partial charge in [0.05, 0.1) is 6.54 Å². The number of oxazole rings is 1. The van der Waals surface area contributed by atoms with Gasteiger partial charge in [-0.1, -0.05) is 31.0 Å². The molecule has 0 atom stereocenters. The number of nitrogens with zero attached hydrogens (tertiary/aromatic N) is 2. The molecule has 0 spiro atoms. The highest BCUT2D eigenvalue weighted by molar-refractivity contribution is 14.0. The number of halogens is 1. The van der Waals surface area contributed by atoms with Crippen LogP contribution in [0.1, 0.15) is 37.9 Å². The number of nitrogens with one attached hydrogen (secondary N) is 2. The third-order valence-corrected chi connectivity index (χ3v) is 3.42. The summed E-state index contributed by atoms with van der Waals surface area (Å²) >= 11 is 0. The van der Waals surface area contributed by atoms with Gasteiger partial charge < -0.3 is 15.1 Å². The fourth-order valence-electron chi connectivity index (χ4n) is 2.09. The van der Waals surface area contributed by atoms with E-state index in [1.54, 1.807) is 6.26 Å². The van der Waals surface area contributed by atoms with E-state index in [1.807, 2.05) is 12.1 Å². The molecule has 0 aliphatic rings. The lowest BCUT2D eigenvalue weighted by Gasteiger charge is -2.10. The van der Waals surface area contributed by atoms with Gasteiger partial charge in [0.25, 0.3) is 0 Å². The van der Waals surface area contributed by atoms with Crippen LogP contribution in [-0.4, -0.2) is 24.0 Å². The molecular weight excluding hydrogens is 415 g/mol. The van der Waals surface area contributed by atoms with Gasteiger partial charge >= 0.3 is 0 Å². The van der Waals surface area contributed by atoms with Crippen molar-refractivity contribution in [3.8, 4) is 11.5 Å². The Morgan fingerprint density at radius 2 is 1.92 bits per heavy atom. The van der Waals surface area contributed by atoms with E-state index < -0.39 is 0 Å². The Morgan fingerprint density at radius 3 is 2.58 bits per heavy atom. The maximum atomic E-state index is 5.56. The molecule has 0 saturated carbocycles. The Hall–Kier alpha value is -1.57. The molecule has 2 rings (SSSR count). The SMILES string of the molecule is CCCCNC(=NCc1coc(-c2ccc(C)cc2)n1)NCC.I. The lowest BCUT2D eigenvalue weighted by molar-refractivity contribution is 0.572. The van der Waals surface area contributed by atoms with Crippen molar-refractivity contribution in [3.63, 3.8) is 0 Å². The maximum Gasteiger partial charge on any atom is 0.226 e. The molecule has 1 heterocycles. The number of aliphatic imine (C=N–C) groups is 1. The summed E-state index contributed by atoms with van der Waals surface area (Å²) < 4.78 is 5.56. The smallest absolute Gasteiger partial charge is 0.226 e. The number of aryl methyl sites for hydroxylation is 1. The quantitative estimate of drug-likeness (QED) is 0.293. The summed E-state index contributed by atoms with van der Waals surface area (Å²) in [4.78, 5) is 9.06. The van der Waals surface area contributed by atoms with E-state index in [1.165, 1.54) is 5.56 Å². The lowest BCUT2D eigenvalue weighted by Crippen LogP contribution is -2.37. The zero-order valence-electron chi connectivity index (χ0n) is 14.6. The monoisotopic (exact) mass is 442 g/mol. The third-order valence-electron chi connectivity index (χ3n) is 3.42. The Morgan fingerprint density at radius 1 is 1.17 bits per heavy atom. The molecule has 5 nitrogen and oxygen atoms in total. The number of aromatic nitrogens is 1. The molecule has 24 heavy (non-hydrogen) atoms. The molecule has 0 aliphatic heterocycles. The maximum absolute atomic E-state index is 5.56. The summed E-state index contributed by atoms with van der Waals surface area (Å²) in [5.41, 5.74) is 3.03. The Labute approximate surface area is 161 Å². The van der Waals surface area contributed by atoms with Crippen LogP contribution in [0.25, 0.3) is 11.5 Å². The van der Waals surface area contributed by atoms with Gasteiger partial charge in [-0.15, -0.1) is 24.0 Å². The number of benzene rings is 1. The summed E-state index contributed by atoms with van der Waals surface area (Å²) in [5.74, 6) is 1.46. The topological polar surface area (TPSA) is 62.5 Å². The van der Waals surface area contributed by atoms with Crippen LogP contribution in [0.3, 0.4) is 0 Å². The predicted octanol–water partition coefficient (Wildman–Crippen LogP) is 4.12. The number of unbranched alkanes of at least 4 members (excludes halogenated alkanes) is 1. The zero-order valence-corrected chi connectivity index (χ0v) is 17.0. The first-order chi connectivity index (χ1) is 11.2. The number of rotatable bonds is 7. The number of hydrogen-bond acceptors (Lipinski definition) is 3. The lowest BCUT2D eigenvalue weighted by atomic mass is 10.1. The number of guanidine groups is 1. The molecule has 2 aromatic rings. The summed E-state index contributed by atoms with van der Waals surface area (Å²) in [7, 11) is 0. The highest BCUT2D eigenvalue weighted by Gasteiger charge is 2.06. The molecule has 0 fully saturated rings. The van der Waals surface area contributed by atoms with Crippen molar-refractivity contribution in [1.29, 1.82) is 0 Å². The highest BCUT2D eigenvalue weighted by atomic mass is 127. The van der Waals surface area contributed by atoms with Crippen LogP contribution in [0.5, 0.6) is 0 Å². The Kier molecular flexibility index (Phi) is 9.44. The first kappa shape index (κ1) is 20.5. The average molecular weight is 442 g/mol. The first-order valence-electron chi connectivity index (χ1n) is 8.26. The molecule has 6 heteroatoms. The minimum Gasteiger partial charge on any atom is -0.444 e. The van der Waals surface area contributed by atoms with E-state index in [2.05, 4.69) is 53.5 Å². The summed E-state index contributed by atoms with van der Waals surface area (Å²) in [6.07, 6.45) is 3.97. The van der Waals surface area contributed by atoms with Crippen LogP contribution in [0.2, 0.25) is 0 Å². The van der Waals surface area contributed by atoms with Gasteiger partial charge in [0, 0.05) is 18.7 Å². The van der Waals surface area contributed by atoms with Crippen LogP contribution < -0.4 is 10.6 Å². The zero-order chi connectivity index (χ0) is 16.5. The van der Waals surface area contributed by atoms with Crippen LogP contribution in [0.4, 0.5) is 0 Å². The Bertz CT molecular complexity index is 622. The van der Waals surface area contributed by atoms with E-state index in [0.717, 1.165) is 43.1 Å². The molecule has 0 unspecified atom stereocenters. The van der Waals surface area contributed by atoms with Gasteiger partial charge in [-0.2, -0.15) is 0 Å². The molecule has 0 saturated heterocycles. The van der Waals surface area contributed by atoms with E-state index in [4.69, 9.17) is 4.42 Å². The summed E-state index contributed by atoms with van der Waals surface area (Å²) in [5, 5.41) is 6.55. The van der Waals surface area contributed by atoms with E-state index >= 15 is 0 Å². The van der Waals surface area contributed by atoms with E-state index in [-0.39, 0.29) is 24.0 Å². The van der Waals surface area contributed by atoms with Crippen LogP contribution in [-0.2, 0) is 6.54 Å². The van der Waals surface area contributed by atoms with Crippen LogP contribution in [0, 0.1) is 6.92 Å². The minimum absolute atomic E-state index is 0. The molecule has 2 N–H and O–H groups in total. The van der Waals surface area contributed by atoms with Gasteiger partial charge in [-0.25, -0.2) is 9.98 Å². The van der Waals surface area contributed by atoms with Gasteiger partial charge in [0.15, 0.2) is 5.96 Å². The fraction of sp³-hybridized carbons (Fsp3) is 0.444. The average Bonchev–Trinajstić information content (AvgIpc) is 3.02. The van der Waals surface area contributed by atoms with Gasteiger partial charge in [0.1, 0.15) is 12.0 Å². The van der Waals surface area contributed by atoms with Crippen molar-refractivity contribution in [2.45, 2.75) is 40.2 Å².